The van der Waals surface area contributed by atoms with Gasteiger partial charge in [-0.1, -0.05) is 6.42 Å². The lowest BCUT2D eigenvalue weighted by Gasteiger charge is -2.42. The van der Waals surface area contributed by atoms with Crippen molar-refractivity contribution in [2.75, 3.05) is 6.54 Å². The van der Waals surface area contributed by atoms with Gasteiger partial charge in [0.25, 0.3) is 0 Å². The van der Waals surface area contributed by atoms with Gasteiger partial charge in [-0.25, -0.2) is 4.98 Å². The Labute approximate surface area is 97.3 Å². The lowest BCUT2D eigenvalue weighted by molar-refractivity contribution is 0.159. The van der Waals surface area contributed by atoms with E-state index >= 15 is 0 Å². The molecule has 0 spiro atoms. The molecule has 1 unspecified atom stereocenters. The average molecular weight is 219 g/mol. The molecule has 3 nitrogen and oxygen atoms in total. The minimum Gasteiger partial charge on any atom is -0.327 e. The highest BCUT2D eigenvalue weighted by Crippen LogP contribution is 2.40. The number of rotatable bonds is 2. The van der Waals surface area contributed by atoms with Gasteiger partial charge >= 0.3 is 0 Å². The summed E-state index contributed by atoms with van der Waals surface area (Å²) < 4.78 is 2.43. The fourth-order valence-corrected chi connectivity index (χ4v) is 3.05. The van der Waals surface area contributed by atoms with Crippen LogP contribution in [-0.2, 0) is 5.54 Å². The van der Waals surface area contributed by atoms with E-state index in [0.717, 1.165) is 6.54 Å². The van der Waals surface area contributed by atoms with Crippen LogP contribution in [-0.4, -0.2) is 16.1 Å². The molecule has 3 rings (SSSR count). The Bertz CT molecular complexity index is 359. The van der Waals surface area contributed by atoms with Crippen molar-refractivity contribution >= 4 is 0 Å². The van der Waals surface area contributed by atoms with E-state index in [0.29, 0.717) is 11.6 Å². The number of nitrogens with zero attached hydrogens (tertiary/aromatic N) is 2. The molecule has 16 heavy (non-hydrogen) atoms. The van der Waals surface area contributed by atoms with Crippen molar-refractivity contribution in [2.45, 2.75) is 57.0 Å². The van der Waals surface area contributed by atoms with E-state index in [1.54, 1.807) is 0 Å². The van der Waals surface area contributed by atoms with Gasteiger partial charge in [0, 0.05) is 17.8 Å². The van der Waals surface area contributed by atoms with Gasteiger partial charge in [-0.15, -0.1) is 0 Å². The van der Waals surface area contributed by atoms with Crippen molar-refractivity contribution < 1.29 is 0 Å². The summed E-state index contributed by atoms with van der Waals surface area (Å²) in [6.45, 7) is 3.52. The van der Waals surface area contributed by atoms with Crippen molar-refractivity contribution in [1.82, 2.24) is 14.9 Å². The van der Waals surface area contributed by atoms with E-state index in [4.69, 9.17) is 0 Å². The Balaban J connectivity index is 1.86. The number of hydrogen-bond acceptors (Lipinski definition) is 2. The summed E-state index contributed by atoms with van der Waals surface area (Å²) in [5.41, 5.74) is 1.76. The number of nitrogens with one attached hydrogen (secondary N) is 1. The summed E-state index contributed by atoms with van der Waals surface area (Å²) in [4.78, 5) is 4.37. The number of hydrogen-bond donors (Lipinski definition) is 1. The second kappa shape index (κ2) is 3.88. The van der Waals surface area contributed by atoms with E-state index in [2.05, 4.69) is 28.0 Å². The van der Waals surface area contributed by atoms with Gasteiger partial charge in [0.2, 0.25) is 0 Å². The Morgan fingerprint density at radius 3 is 2.88 bits per heavy atom. The number of piperidine rings is 1. The SMILES string of the molecule is CC1(n2cncc2C2CCCCN2)CCC1. The minimum absolute atomic E-state index is 0.352. The van der Waals surface area contributed by atoms with E-state index in [1.807, 2.05) is 6.33 Å². The van der Waals surface area contributed by atoms with Gasteiger partial charge in [-0.05, 0) is 45.6 Å². The van der Waals surface area contributed by atoms with Gasteiger partial charge in [0.15, 0.2) is 0 Å². The molecular formula is C13H21N3. The highest BCUT2D eigenvalue weighted by molar-refractivity contribution is 5.11. The average Bonchev–Trinajstić information content (AvgIpc) is 2.76. The molecule has 1 aromatic rings. The highest BCUT2D eigenvalue weighted by Gasteiger charge is 2.36. The van der Waals surface area contributed by atoms with Crippen molar-refractivity contribution in [2.24, 2.45) is 0 Å². The number of aromatic nitrogens is 2. The van der Waals surface area contributed by atoms with Gasteiger partial charge in [-0.3, -0.25) is 0 Å². The summed E-state index contributed by atoms with van der Waals surface area (Å²) in [5, 5.41) is 3.62. The largest absolute Gasteiger partial charge is 0.327 e. The topological polar surface area (TPSA) is 29.9 Å². The van der Waals surface area contributed by atoms with Crippen LogP contribution < -0.4 is 5.32 Å². The first-order chi connectivity index (χ1) is 7.80. The quantitative estimate of drug-likeness (QED) is 0.828. The summed E-state index contributed by atoms with van der Waals surface area (Å²) in [7, 11) is 0. The van der Waals surface area contributed by atoms with Crippen LogP contribution in [0.15, 0.2) is 12.5 Å². The van der Waals surface area contributed by atoms with Gasteiger partial charge in [0.1, 0.15) is 0 Å². The van der Waals surface area contributed by atoms with E-state index < -0.39 is 0 Å². The predicted molar refractivity (Wildman–Crippen MR) is 64.3 cm³/mol. The molecule has 0 bridgehead atoms. The first kappa shape index (κ1) is 10.3. The molecular weight excluding hydrogens is 198 g/mol. The molecule has 0 amide bonds. The number of imidazole rings is 1. The Morgan fingerprint density at radius 1 is 1.38 bits per heavy atom. The molecule has 1 atom stereocenters. The third kappa shape index (κ3) is 1.58. The normalized spacial score (nSPS) is 28.7. The van der Waals surface area contributed by atoms with E-state index in [1.165, 1.54) is 44.2 Å². The van der Waals surface area contributed by atoms with Crippen LogP contribution in [0.3, 0.4) is 0 Å². The van der Waals surface area contributed by atoms with Crippen LogP contribution >= 0.6 is 0 Å². The lowest BCUT2D eigenvalue weighted by atomic mass is 9.78. The van der Waals surface area contributed by atoms with E-state index in [-0.39, 0.29) is 0 Å². The van der Waals surface area contributed by atoms with Crippen LogP contribution in [0.1, 0.15) is 57.2 Å². The van der Waals surface area contributed by atoms with Crippen LogP contribution in [0.25, 0.3) is 0 Å². The molecule has 2 aliphatic rings. The highest BCUT2D eigenvalue weighted by atomic mass is 15.1. The Hall–Kier alpha value is -0.830. The third-order valence-electron chi connectivity index (χ3n) is 4.35. The first-order valence-electron chi connectivity index (χ1n) is 6.56. The lowest BCUT2D eigenvalue weighted by Crippen LogP contribution is -2.40. The van der Waals surface area contributed by atoms with Gasteiger partial charge in [0.05, 0.1) is 12.0 Å². The maximum atomic E-state index is 4.37. The van der Waals surface area contributed by atoms with Crippen LogP contribution in [0, 0.1) is 0 Å². The second-order valence-corrected chi connectivity index (χ2v) is 5.54. The van der Waals surface area contributed by atoms with Crippen molar-refractivity contribution in [3.05, 3.63) is 18.2 Å². The van der Waals surface area contributed by atoms with Gasteiger partial charge < -0.3 is 9.88 Å². The standard InChI is InChI=1S/C13H21N3/c1-13(6-4-7-13)16-10-14-9-12(16)11-5-2-3-8-15-11/h9-11,15H,2-8H2,1H3. The van der Waals surface area contributed by atoms with Crippen molar-refractivity contribution in [3.8, 4) is 0 Å². The molecule has 1 aliphatic heterocycles. The fraction of sp³-hybridized carbons (Fsp3) is 0.769. The molecule has 3 heteroatoms. The summed E-state index contributed by atoms with van der Waals surface area (Å²) in [6, 6.07) is 0.536. The first-order valence-corrected chi connectivity index (χ1v) is 6.56. The molecule has 1 saturated carbocycles. The summed E-state index contributed by atoms with van der Waals surface area (Å²) in [5.74, 6) is 0. The summed E-state index contributed by atoms with van der Waals surface area (Å²) in [6.07, 6.45) is 12.0. The molecule has 2 fully saturated rings. The van der Waals surface area contributed by atoms with Gasteiger partial charge in [-0.2, -0.15) is 0 Å². The minimum atomic E-state index is 0.352. The van der Waals surface area contributed by atoms with Crippen LogP contribution in [0.5, 0.6) is 0 Å². The van der Waals surface area contributed by atoms with Crippen LogP contribution in [0.4, 0.5) is 0 Å². The Kier molecular flexibility index (Phi) is 2.51. The fourth-order valence-electron chi connectivity index (χ4n) is 3.05. The maximum Gasteiger partial charge on any atom is 0.0953 e. The molecule has 0 aromatic carbocycles. The zero-order chi connectivity index (χ0) is 11.0. The monoisotopic (exact) mass is 219 g/mol. The third-order valence-corrected chi connectivity index (χ3v) is 4.35. The van der Waals surface area contributed by atoms with Crippen LogP contribution in [0.2, 0.25) is 0 Å². The molecule has 1 aromatic heterocycles. The molecule has 0 radical (unpaired) electrons. The summed E-state index contributed by atoms with van der Waals surface area (Å²) >= 11 is 0. The molecule has 1 N–H and O–H groups in total. The second-order valence-electron chi connectivity index (χ2n) is 5.54. The molecule has 1 saturated heterocycles. The van der Waals surface area contributed by atoms with Crippen molar-refractivity contribution in [1.29, 1.82) is 0 Å². The maximum absolute atomic E-state index is 4.37. The molecule has 2 heterocycles. The Morgan fingerprint density at radius 2 is 2.25 bits per heavy atom. The van der Waals surface area contributed by atoms with E-state index in [9.17, 15) is 0 Å². The molecule has 88 valence electrons. The predicted octanol–water partition coefficient (Wildman–Crippen LogP) is 2.60. The zero-order valence-corrected chi connectivity index (χ0v) is 10.1. The molecule has 1 aliphatic carbocycles. The zero-order valence-electron chi connectivity index (χ0n) is 10.1. The smallest absolute Gasteiger partial charge is 0.0953 e. The van der Waals surface area contributed by atoms with Crippen molar-refractivity contribution in [3.63, 3.8) is 0 Å².